The van der Waals surface area contributed by atoms with Gasteiger partial charge in [0.15, 0.2) is 0 Å². The third-order valence-corrected chi connectivity index (χ3v) is 6.70. The van der Waals surface area contributed by atoms with Crippen LogP contribution >= 0.6 is 12.2 Å². The number of rotatable bonds is 6. The number of aryl methyl sites for hydroxylation is 1. The Hall–Kier alpha value is -2.56. The Labute approximate surface area is 190 Å². The summed E-state index contributed by atoms with van der Waals surface area (Å²) in [6.45, 7) is 3.81. The number of allylic oxidation sites excluding steroid dienone is 4. The third kappa shape index (κ3) is 4.70. The minimum atomic E-state index is 0.851. The largest absolute Gasteiger partial charge is 0.303 e. The first-order valence-corrected chi connectivity index (χ1v) is 11.9. The van der Waals surface area contributed by atoms with Crippen LogP contribution < -0.4 is 0 Å². The molecule has 0 bridgehead atoms. The molecule has 1 saturated heterocycles. The van der Waals surface area contributed by atoms with Crippen molar-refractivity contribution in [2.24, 2.45) is 0 Å². The molecule has 3 aromatic rings. The molecule has 1 aliphatic heterocycles. The molecule has 3 nitrogen and oxygen atoms in total. The van der Waals surface area contributed by atoms with E-state index < -0.39 is 0 Å². The van der Waals surface area contributed by atoms with E-state index in [2.05, 4.69) is 75.1 Å². The number of likely N-dealkylation sites (tertiary alicyclic amines) is 1. The van der Waals surface area contributed by atoms with Crippen molar-refractivity contribution >= 4 is 33.8 Å². The van der Waals surface area contributed by atoms with Gasteiger partial charge in [-0.3, -0.25) is 4.57 Å². The highest BCUT2D eigenvalue weighted by Crippen LogP contribution is 2.27. The summed E-state index contributed by atoms with van der Waals surface area (Å²) in [5.41, 5.74) is 7.08. The molecule has 0 radical (unpaired) electrons. The summed E-state index contributed by atoms with van der Waals surface area (Å²) in [6.07, 6.45) is 15.6. The maximum Gasteiger partial charge on any atom is 0.100 e. The molecule has 2 heterocycles. The number of fused-ring (bicyclic) bond motifs is 1. The topological polar surface area (TPSA) is 21.1 Å². The van der Waals surface area contributed by atoms with E-state index in [4.69, 9.17) is 12.2 Å². The Morgan fingerprint density at radius 3 is 2.55 bits per heavy atom. The molecule has 2 aromatic carbocycles. The van der Waals surface area contributed by atoms with Gasteiger partial charge in [-0.05, 0) is 86.3 Å². The van der Waals surface area contributed by atoms with Crippen LogP contribution in [0, 0.1) is 0 Å². The van der Waals surface area contributed by atoms with Crippen molar-refractivity contribution in [2.75, 3.05) is 19.6 Å². The van der Waals surface area contributed by atoms with E-state index in [1.54, 1.807) is 0 Å². The SMILES string of the molecule is S=C1C=C(n2cnc3cc(-c4ccc(CCCN5CCCCC5)cc4)ccc32)C=CC1. The molecule has 4 heteroatoms. The van der Waals surface area contributed by atoms with Gasteiger partial charge in [0, 0.05) is 17.0 Å². The smallest absolute Gasteiger partial charge is 0.100 e. The lowest BCUT2D eigenvalue weighted by Gasteiger charge is -2.26. The van der Waals surface area contributed by atoms with Gasteiger partial charge >= 0.3 is 0 Å². The highest BCUT2D eigenvalue weighted by Gasteiger charge is 2.11. The maximum atomic E-state index is 5.37. The van der Waals surface area contributed by atoms with Crippen molar-refractivity contribution in [3.63, 3.8) is 0 Å². The maximum absolute atomic E-state index is 5.37. The fraction of sp³-hybridized carbons (Fsp3) is 0.333. The minimum Gasteiger partial charge on any atom is -0.303 e. The average Bonchev–Trinajstić information content (AvgIpc) is 3.24. The second kappa shape index (κ2) is 9.29. The number of hydrogen-bond acceptors (Lipinski definition) is 3. The molecule has 31 heavy (non-hydrogen) atoms. The van der Waals surface area contributed by atoms with Gasteiger partial charge < -0.3 is 4.90 Å². The van der Waals surface area contributed by atoms with Crippen LogP contribution in [0.25, 0.3) is 27.9 Å². The van der Waals surface area contributed by atoms with Gasteiger partial charge in [-0.25, -0.2) is 4.98 Å². The van der Waals surface area contributed by atoms with Crippen LogP contribution in [0.4, 0.5) is 0 Å². The van der Waals surface area contributed by atoms with E-state index in [1.165, 1.54) is 62.0 Å². The number of nitrogens with zero attached hydrogens (tertiary/aromatic N) is 3. The number of aromatic nitrogens is 2. The predicted molar refractivity (Wildman–Crippen MR) is 134 cm³/mol. The average molecular weight is 428 g/mol. The molecule has 0 atom stereocenters. The number of benzene rings is 2. The quantitative estimate of drug-likeness (QED) is 0.431. The van der Waals surface area contributed by atoms with Crippen molar-refractivity contribution in [1.29, 1.82) is 0 Å². The molecule has 0 amide bonds. The normalized spacial score (nSPS) is 17.3. The number of piperidine rings is 1. The molecule has 0 unspecified atom stereocenters. The summed E-state index contributed by atoms with van der Waals surface area (Å²) in [5, 5.41) is 0. The fourth-order valence-electron chi connectivity index (χ4n) is 4.67. The minimum absolute atomic E-state index is 0.851. The van der Waals surface area contributed by atoms with E-state index in [-0.39, 0.29) is 0 Å². The summed E-state index contributed by atoms with van der Waals surface area (Å²) in [7, 11) is 0. The monoisotopic (exact) mass is 427 g/mol. The van der Waals surface area contributed by atoms with Gasteiger partial charge in [-0.15, -0.1) is 0 Å². The molecule has 1 aliphatic carbocycles. The van der Waals surface area contributed by atoms with Crippen molar-refractivity contribution in [2.45, 2.75) is 38.5 Å². The first kappa shape index (κ1) is 20.3. The highest BCUT2D eigenvalue weighted by molar-refractivity contribution is 7.80. The number of hydrogen-bond donors (Lipinski definition) is 0. The van der Waals surface area contributed by atoms with E-state index in [9.17, 15) is 0 Å². The molecule has 0 spiro atoms. The molecule has 158 valence electrons. The Balaban J connectivity index is 1.27. The van der Waals surface area contributed by atoms with Gasteiger partial charge in [-0.1, -0.05) is 55.0 Å². The number of thiocarbonyl (C=S) groups is 1. The first-order valence-electron chi connectivity index (χ1n) is 11.5. The molecular formula is C27H29N3S. The van der Waals surface area contributed by atoms with Gasteiger partial charge in [-0.2, -0.15) is 0 Å². The first-order chi connectivity index (χ1) is 15.3. The van der Waals surface area contributed by atoms with E-state index in [1.807, 2.05) is 6.33 Å². The standard InChI is InChI=1S/C27H29N3S/c31-25-8-4-7-24(19-25)30-20-28-26-18-23(13-14-27(26)30)22-11-9-21(10-12-22)6-5-17-29-15-2-1-3-16-29/h4,7,9-14,18-20H,1-3,5-6,8,15-17H2. The highest BCUT2D eigenvalue weighted by atomic mass is 32.1. The summed E-state index contributed by atoms with van der Waals surface area (Å²) in [6, 6.07) is 15.6. The van der Waals surface area contributed by atoms with Crippen LogP contribution in [0.1, 0.15) is 37.7 Å². The zero-order chi connectivity index (χ0) is 21.0. The Morgan fingerprint density at radius 2 is 1.74 bits per heavy atom. The van der Waals surface area contributed by atoms with Gasteiger partial charge in [0.05, 0.1) is 11.0 Å². The second-order valence-corrected chi connectivity index (χ2v) is 9.19. The van der Waals surface area contributed by atoms with Crippen LogP contribution in [-0.4, -0.2) is 38.9 Å². The van der Waals surface area contributed by atoms with Crippen molar-refractivity contribution in [3.8, 4) is 11.1 Å². The Morgan fingerprint density at radius 1 is 0.935 bits per heavy atom. The molecule has 5 rings (SSSR count). The van der Waals surface area contributed by atoms with E-state index in [0.717, 1.165) is 34.4 Å². The zero-order valence-electron chi connectivity index (χ0n) is 18.0. The van der Waals surface area contributed by atoms with Crippen LogP contribution in [0.5, 0.6) is 0 Å². The third-order valence-electron chi connectivity index (χ3n) is 6.42. The summed E-state index contributed by atoms with van der Waals surface area (Å²) < 4.78 is 2.12. The van der Waals surface area contributed by atoms with Crippen molar-refractivity contribution in [3.05, 3.63) is 72.6 Å². The number of imidazole rings is 1. The van der Waals surface area contributed by atoms with Crippen molar-refractivity contribution < 1.29 is 0 Å². The van der Waals surface area contributed by atoms with E-state index >= 15 is 0 Å². The second-order valence-electron chi connectivity index (χ2n) is 8.66. The molecule has 1 aromatic heterocycles. The molecule has 0 N–H and O–H groups in total. The summed E-state index contributed by atoms with van der Waals surface area (Å²) in [4.78, 5) is 8.24. The zero-order valence-corrected chi connectivity index (χ0v) is 18.8. The lowest BCUT2D eigenvalue weighted by Crippen LogP contribution is -2.30. The Bertz CT molecular complexity index is 1130. The summed E-state index contributed by atoms with van der Waals surface area (Å²) in [5.74, 6) is 0. The predicted octanol–water partition coefficient (Wildman–Crippen LogP) is 6.29. The van der Waals surface area contributed by atoms with Crippen LogP contribution in [0.15, 0.2) is 67.0 Å². The van der Waals surface area contributed by atoms with Gasteiger partial charge in [0.25, 0.3) is 0 Å². The van der Waals surface area contributed by atoms with E-state index in [0.29, 0.717) is 0 Å². The van der Waals surface area contributed by atoms with Crippen molar-refractivity contribution in [1.82, 2.24) is 14.5 Å². The molecule has 2 aliphatic rings. The molecule has 0 saturated carbocycles. The van der Waals surface area contributed by atoms with Crippen LogP contribution in [0.3, 0.4) is 0 Å². The van der Waals surface area contributed by atoms with Gasteiger partial charge in [0.1, 0.15) is 6.33 Å². The van der Waals surface area contributed by atoms with Crippen LogP contribution in [-0.2, 0) is 6.42 Å². The summed E-state index contributed by atoms with van der Waals surface area (Å²) >= 11 is 5.37. The van der Waals surface area contributed by atoms with Gasteiger partial charge in [0.2, 0.25) is 0 Å². The fourth-order valence-corrected chi connectivity index (χ4v) is 4.89. The molecule has 1 fully saturated rings. The van der Waals surface area contributed by atoms with Crippen LogP contribution in [0.2, 0.25) is 0 Å². The lowest BCUT2D eigenvalue weighted by molar-refractivity contribution is 0.226. The lowest BCUT2D eigenvalue weighted by atomic mass is 10.0. The molecular weight excluding hydrogens is 398 g/mol. The Kier molecular flexibility index (Phi) is 6.10.